The van der Waals surface area contributed by atoms with Crippen molar-refractivity contribution in [1.29, 1.82) is 0 Å². The van der Waals surface area contributed by atoms with E-state index in [0.29, 0.717) is 0 Å². The molecule has 0 aliphatic carbocycles. The van der Waals surface area contributed by atoms with E-state index >= 15 is 0 Å². The third-order valence-electron chi connectivity index (χ3n) is 9.43. The normalized spacial score (nSPS) is 13.0. The van der Waals surface area contributed by atoms with Crippen LogP contribution in [0.15, 0.2) is 182 Å². The molecule has 0 bridgehead atoms. The maximum Gasteiger partial charge on any atom is 0.0504 e. The zero-order valence-corrected chi connectivity index (χ0v) is 26.7. The Balaban J connectivity index is 1.29. The minimum atomic E-state index is -0.254. The minimum Gasteiger partial charge on any atom is -0.310 e. The van der Waals surface area contributed by atoms with Gasteiger partial charge < -0.3 is 9.80 Å². The van der Waals surface area contributed by atoms with Crippen LogP contribution < -0.4 is 9.80 Å². The van der Waals surface area contributed by atoms with Crippen molar-refractivity contribution in [1.82, 2.24) is 0 Å². The van der Waals surface area contributed by atoms with Crippen molar-refractivity contribution in [3.05, 3.63) is 193 Å². The van der Waals surface area contributed by atoms with Gasteiger partial charge in [-0.15, -0.1) is 0 Å². The van der Waals surface area contributed by atoms with Gasteiger partial charge in [0.2, 0.25) is 0 Å². The van der Waals surface area contributed by atoms with Gasteiger partial charge >= 0.3 is 0 Å². The van der Waals surface area contributed by atoms with E-state index in [9.17, 15) is 0 Å². The van der Waals surface area contributed by atoms with Crippen molar-refractivity contribution in [3.63, 3.8) is 0 Å². The van der Waals surface area contributed by atoms with Crippen molar-refractivity contribution in [2.45, 2.75) is 19.3 Å². The lowest BCUT2D eigenvalue weighted by Crippen LogP contribution is -2.31. The Kier molecular flexibility index (Phi) is 7.19. The number of para-hydroxylation sites is 2. The Morgan fingerprint density at radius 2 is 0.809 bits per heavy atom. The van der Waals surface area contributed by atoms with Crippen molar-refractivity contribution in [2.24, 2.45) is 0 Å². The van der Waals surface area contributed by atoms with Gasteiger partial charge in [0.25, 0.3) is 0 Å². The highest BCUT2D eigenvalue weighted by molar-refractivity contribution is 5.90. The molecule has 2 heteroatoms. The molecule has 0 N–H and O–H groups in total. The lowest BCUT2D eigenvalue weighted by Gasteiger charge is -2.43. The molecule has 0 radical (unpaired) electrons. The number of hydrogen-bond donors (Lipinski definition) is 0. The first kappa shape index (κ1) is 28.6. The number of fused-ring (bicyclic) bond motifs is 2. The van der Waals surface area contributed by atoms with Crippen LogP contribution in [0.4, 0.5) is 34.1 Å². The Bertz CT molecular complexity index is 2140. The third kappa shape index (κ3) is 5.18. The van der Waals surface area contributed by atoms with E-state index in [2.05, 4.69) is 206 Å². The van der Waals surface area contributed by atoms with Crippen LogP contribution in [-0.4, -0.2) is 0 Å². The highest BCUT2D eigenvalue weighted by Gasteiger charge is 2.38. The smallest absolute Gasteiger partial charge is 0.0504 e. The van der Waals surface area contributed by atoms with Crippen LogP contribution in [0.25, 0.3) is 22.3 Å². The van der Waals surface area contributed by atoms with E-state index in [-0.39, 0.29) is 5.41 Å². The van der Waals surface area contributed by atoms with E-state index in [1.165, 1.54) is 44.8 Å². The molecule has 7 aromatic carbocycles. The standard InChI is InChI=1S/C45H36N2/c1-45(2)41-31-36(34-17-9-4-10-18-34)25-29-43(41)47(38-21-13-6-14-22-38)44-30-28-40(32-42(44)45)46(37-19-11-5-12-20-37)39-26-23-35(24-27-39)33-15-7-3-8-16-33/h3-32H,1-2H3. The van der Waals surface area contributed by atoms with Crippen molar-refractivity contribution >= 4 is 34.1 Å². The van der Waals surface area contributed by atoms with Gasteiger partial charge in [-0.2, -0.15) is 0 Å². The topological polar surface area (TPSA) is 6.48 Å². The van der Waals surface area contributed by atoms with Crippen molar-refractivity contribution in [3.8, 4) is 22.3 Å². The second-order valence-corrected chi connectivity index (χ2v) is 12.7. The summed E-state index contributed by atoms with van der Waals surface area (Å²) in [7, 11) is 0. The molecule has 7 aromatic rings. The molecule has 1 heterocycles. The average molecular weight is 605 g/mol. The van der Waals surface area contributed by atoms with Gasteiger partial charge in [0.15, 0.2) is 0 Å². The molecule has 0 spiro atoms. The molecule has 226 valence electrons. The Hall–Kier alpha value is -5.86. The van der Waals surface area contributed by atoms with Crippen LogP contribution in [0.1, 0.15) is 25.0 Å². The SMILES string of the molecule is CC1(C)c2cc(-c3ccccc3)ccc2N(c2ccccc2)c2ccc(N(c3ccccc3)c3ccc(-c4ccccc4)cc3)cc21. The fourth-order valence-electron chi connectivity index (χ4n) is 6.99. The summed E-state index contributed by atoms with van der Waals surface area (Å²) in [5.41, 5.74) is 14.2. The molecule has 47 heavy (non-hydrogen) atoms. The summed E-state index contributed by atoms with van der Waals surface area (Å²) in [4.78, 5) is 4.80. The fraction of sp³-hybridized carbons (Fsp3) is 0.0667. The summed E-state index contributed by atoms with van der Waals surface area (Å²) < 4.78 is 0. The molecule has 0 amide bonds. The number of benzene rings is 7. The summed E-state index contributed by atoms with van der Waals surface area (Å²) in [6.45, 7) is 4.74. The zero-order chi connectivity index (χ0) is 31.8. The van der Waals surface area contributed by atoms with E-state index < -0.39 is 0 Å². The molecule has 1 aliphatic rings. The van der Waals surface area contributed by atoms with E-state index in [1.54, 1.807) is 0 Å². The summed E-state index contributed by atoms with van der Waals surface area (Å²) in [5.74, 6) is 0. The highest BCUT2D eigenvalue weighted by atomic mass is 15.2. The summed E-state index contributed by atoms with van der Waals surface area (Å²) in [6.07, 6.45) is 0. The molecule has 0 fully saturated rings. The lowest BCUT2D eigenvalue weighted by molar-refractivity contribution is 0.632. The van der Waals surface area contributed by atoms with Crippen LogP contribution in [0, 0.1) is 0 Å². The molecule has 0 saturated heterocycles. The van der Waals surface area contributed by atoms with Gasteiger partial charge in [0, 0.05) is 28.2 Å². The predicted molar refractivity (Wildman–Crippen MR) is 199 cm³/mol. The number of hydrogen-bond acceptors (Lipinski definition) is 2. The Labute approximate surface area is 277 Å². The number of nitrogens with zero attached hydrogens (tertiary/aromatic N) is 2. The van der Waals surface area contributed by atoms with Crippen molar-refractivity contribution < 1.29 is 0 Å². The van der Waals surface area contributed by atoms with Crippen LogP contribution >= 0.6 is 0 Å². The van der Waals surface area contributed by atoms with Crippen molar-refractivity contribution in [2.75, 3.05) is 9.80 Å². The van der Waals surface area contributed by atoms with Gasteiger partial charge in [-0.3, -0.25) is 0 Å². The van der Waals surface area contributed by atoms with Gasteiger partial charge in [-0.1, -0.05) is 129 Å². The van der Waals surface area contributed by atoms with E-state index in [4.69, 9.17) is 0 Å². The predicted octanol–water partition coefficient (Wildman–Crippen LogP) is 12.6. The zero-order valence-electron chi connectivity index (χ0n) is 26.7. The Morgan fingerprint density at radius 3 is 1.43 bits per heavy atom. The lowest BCUT2D eigenvalue weighted by atomic mass is 9.72. The second kappa shape index (κ2) is 11.8. The molecule has 0 aromatic heterocycles. The molecule has 0 atom stereocenters. The van der Waals surface area contributed by atoms with Gasteiger partial charge in [-0.25, -0.2) is 0 Å². The van der Waals surface area contributed by atoms with Gasteiger partial charge in [-0.05, 0) is 100 Å². The summed E-state index contributed by atoms with van der Waals surface area (Å²) in [6, 6.07) is 65.5. The third-order valence-corrected chi connectivity index (χ3v) is 9.43. The van der Waals surface area contributed by atoms with Crippen LogP contribution in [0.5, 0.6) is 0 Å². The summed E-state index contributed by atoms with van der Waals surface area (Å²) >= 11 is 0. The highest BCUT2D eigenvalue weighted by Crippen LogP contribution is 2.54. The van der Waals surface area contributed by atoms with Crippen LogP contribution in [-0.2, 0) is 5.41 Å². The average Bonchev–Trinajstić information content (AvgIpc) is 3.14. The van der Waals surface area contributed by atoms with E-state index in [1.807, 2.05) is 0 Å². The van der Waals surface area contributed by atoms with Gasteiger partial charge in [0.1, 0.15) is 0 Å². The molecular formula is C45H36N2. The van der Waals surface area contributed by atoms with Crippen LogP contribution in [0.3, 0.4) is 0 Å². The van der Waals surface area contributed by atoms with Gasteiger partial charge in [0.05, 0.1) is 11.4 Å². The minimum absolute atomic E-state index is 0.254. The Morgan fingerprint density at radius 1 is 0.383 bits per heavy atom. The quantitative estimate of drug-likeness (QED) is 0.186. The van der Waals surface area contributed by atoms with Crippen LogP contribution in [0.2, 0.25) is 0 Å². The maximum atomic E-state index is 2.43. The summed E-state index contributed by atoms with van der Waals surface area (Å²) in [5, 5.41) is 0. The maximum absolute atomic E-state index is 2.43. The number of anilines is 6. The number of rotatable bonds is 6. The fourth-order valence-corrected chi connectivity index (χ4v) is 6.99. The molecule has 0 unspecified atom stereocenters. The first-order valence-corrected chi connectivity index (χ1v) is 16.3. The molecule has 8 rings (SSSR count). The first-order valence-electron chi connectivity index (χ1n) is 16.3. The second-order valence-electron chi connectivity index (χ2n) is 12.7. The molecular weight excluding hydrogens is 569 g/mol. The van der Waals surface area contributed by atoms with E-state index in [0.717, 1.165) is 22.7 Å². The molecule has 1 aliphatic heterocycles. The monoisotopic (exact) mass is 604 g/mol. The molecule has 2 nitrogen and oxygen atoms in total. The largest absolute Gasteiger partial charge is 0.310 e. The molecule has 0 saturated carbocycles. The first-order chi connectivity index (χ1) is 23.1.